The third-order valence-corrected chi connectivity index (χ3v) is 5.56. The van der Waals surface area contributed by atoms with Crippen LogP contribution in [0.25, 0.3) is 5.69 Å². The van der Waals surface area contributed by atoms with Gasteiger partial charge in [-0.15, -0.1) is 11.3 Å². The second-order valence-corrected chi connectivity index (χ2v) is 7.46. The summed E-state index contributed by atoms with van der Waals surface area (Å²) in [6, 6.07) is 11.3. The number of carbonyl (C=O) groups excluding carboxylic acids is 3. The van der Waals surface area contributed by atoms with Crippen molar-refractivity contribution in [1.29, 1.82) is 0 Å². The van der Waals surface area contributed by atoms with Crippen LogP contribution in [0.4, 0.5) is 10.8 Å². The van der Waals surface area contributed by atoms with Crippen molar-refractivity contribution < 1.29 is 19.1 Å². The summed E-state index contributed by atoms with van der Waals surface area (Å²) < 4.78 is 6.78. The van der Waals surface area contributed by atoms with Gasteiger partial charge in [0.05, 0.1) is 29.3 Å². The largest absolute Gasteiger partial charge is 0.462 e. The van der Waals surface area contributed by atoms with E-state index >= 15 is 0 Å². The lowest BCUT2D eigenvalue weighted by Crippen LogP contribution is -2.22. The van der Waals surface area contributed by atoms with Crippen LogP contribution in [0.1, 0.15) is 32.5 Å². The molecule has 0 fully saturated rings. The van der Waals surface area contributed by atoms with Gasteiger partial charge in [-0.3, -0.25) is 9.59 Å². The van der Waals surface area contributed by atoms with Crippen molar-refractivity contribution in [2.75, 3.05) is 30.8 Å². The third kappa shape index (κ3) is 5.10. The molecule has 1 aromatic carbocycles. The van der Waals surface area contributed by atoms with Crippen LogP contribution in [-0.4, -0.2) is 47.8 Å². The molecule has 3 rings (SSSR count). The number of nitrogens with zero attached hydrogens (tertiary/aromatic N) is 2. The molecule has 3 N–H and O–H groups in total. The summed E-state index contributed by atoms with van der Waals surface area (Å²) in [5.74, 6) is -0.781. The van der Waals surface area contributed by atoms with Gasteiger partial charge < -0.3 is 20.7 Å². The lowest BCUT2D eigenvalue weighted by Gasteiger charge is -2.07. The summed E-state index contributed by atoms with van der Waals surface area (Å²) >= 11 is 1.03. The first-order chi connectivity index (χ1) is 14.9. The van der Waals surface area contributed by atoms with Gasteiger partial charge in [0.2, 0.25) is 5.91 Å². The Morgan fingerprint density at radius 2 is 1.90 bits per heavy atom. The van der Waals surface area contributed by atoms with E-state index in [1.165, 1.54) is 7.05 Å². The van der Waals surface area contributed by atoms with Gasteiger partial charge >= 0.3 is 5.97 Å². The Labute approximate surface area is 183 Å². The molecule has 31 heavy (non-hydrogen) atoms. The van der Waals surface area contributed by atoms with Crippen LogP contribution in [0.5, 0.6) is 0 Å². The van der Waals surface area contributed by atoms with E-state index in [1.807, 2.05) is 30.3 Å². The van der Waals surface area contributed by atoms with Gasteiger partial charge in [-0.25, -0.2) is 9.48 Å². The fourth-order valence-electron chi connectivity index (χ4n) is 2.87. The maximum atomic E-state index is 12.5. The standard InChI is InChI=1S/C21H23N5O4S/c1-4-30-21(29)17-13(2)18(19(28)22-3)31-20(17)24-16(27)12-23-15-10-11-26(25-15)14-8-6-5-7-9-14/h5-11H,4,12H2,1-3H3,(H,22,28)(H,23,25)(H,24,27). The maximum absolute atomic E-state index is 12.5. The first-order valence-electron chi connectivity index (χ1n) is 9.62. The summed E-state index contributed by atoms with van der Waals surface area (Å²) in [6.45, 7) is 3.45. The van der Waals surface area contributed by atoms with Crippen LogP contribution in [-0.2, 0) is 9.53 Å². The van der Waals surface area contributed by atoms with E-state index in [4.69, 9.17) is 4.74 Å². The van der Waals surface area contributed by atoms with Crippen molar-refractivity contribution >= 4 is 39.9 Å². The summed E-state index contributed by atoms with van der Waals surface area (Å²) in [5, 5.41) is 12.8. The van der Waals surface area contributed by atoms with E-state index in [1.54, 1.807) is 30.8 Å². The summed E-state index contributed by atoms with van der Waals surface area (Å²) in [5.41, 5.74) is 1.55. The molecule has 0 bridgehead atoms. The molecule has 0 radical (unpaired) electrons. The molecule has 0 aliphatic carbocycles. The second-order valence-electron chi connectivity index (χ2n) is 6.44. The zero-order chi connectivity index (χ0) is 22.4. The highest BCUT2D eigenvalue weighted by molar-refractivity contribution is 7.18. The molecule has 0 atom stereocenters. The Morgan fingerprint density at radius 3 is 2.58 bits per heavy atom. The van der Waals surface area contributed by atoms with Crippen molar-refractivity contribution in [1.82, 2.24) is 15.1 Å². The van der Waals surface area contributed by atoms with Crippen LogP contribution in [0.3, 0.4) is 0 Å². The quantitative estimate of drug-likeness (QED) is 0.463. The molecule has 0 spiro atoms. The van der Waals surface area contributed by atoms with Crippen molar-refractivity contribution in [3.63, 3.8) is 0 Å². The predicted molar refractivity (Wildman–Crippen MR) is 119 cm³/mol. The molecule has 2 aromatic heterocycles. The maximum Gasteiger partial charge on any atom is 0.341 e. The lowest BCUT2D eigenvalue weighted by atomic mass is 10.1. The van der Waals surface area contributed by atoms with Gasteiger partial charge in [0.25, 0.3) is 5.91 Å². The number of benzene rings is 1. The molecule has 0 unspecified atom stereocenters. The third-order valence-electron chi connectivity index (χ3n) is 4.35. The molecule has 3 aromatic rings. The molecule has 2 amide bonds. The minimum absolute atomic E-state index is 0.0691. The number of hydrogen-bond acceptors (Lipinski definition) is 7. The molecular formula is C21H23N5O4S. The Morgan fingerprint density at radius 1 is 1.16 bits per heavy atom. The highest BCUT2D eigenvalue weighted by Crippen LogP contribution is 2.33. The Balaban J connectivity index is 1.71. The minimum atomic E-state index is -0.587. The highest BCUT2D eigenvalue weighted by atomic mass is 32.1. The summed E-state index contributed by atoms with van der Waals surface area (Å²) in [6.07, 6.45) is 1.78. The number of nitrogens with one attached hydrogen (secondary N) is 3. The minimum Gasteiger partial charge on any atom is -0.462 e. The monoisotopic (exact) mass is 441 g/mol. The Hall–Kier alpha value is -3.66. The molecule has 2 heterocycles. The van der Waals surface area contributed by atoms with Crippen LogP contribution < -0.4 is 16.0 Å². The van der Waals surface area contributed by atoms with Gasteiger partial charge in [-0.05, 0) is 31.5 Å². The Kier molecular flexibility index (Phi) is 7.03. The van der Waals surface area contributed by atoms with Gasteiger partial charge in [-0.2, -0.15) is 5.10 Å². The number of thiophene rings is 1. The van der Waals surface area contributed by atoms with Gasteiger partial charge in [0.1, 0.15) is 10.8 Å². The smallest absolute Gasteiger partial charge is 0.341 e. The van der Waals surface area contributed by atoms with Crippen molar-refractivity contribution in [3.8, 4) is 5.69 Å². The van der Waals surface area contributed by atoms with E-state index in [0.717, 1.165) is 17.0 Å². The molecule has 0 aliphatic rings. The van der Waals surface area contributed by atoms with E-state index in [0.29, 0.717) is 16.3 Å². The molecule has 0 saturated heterocycles. The predicted octanol–water partition coefficient (Wildman–Crippen LogP) is 2.83. The first kappa shape index (κ1) is 22.0. The number of hydrogen-bond donors (Lipinski definition) is 3. The molecule has 10 heteroatoms. The summed E-state index contributed by atoms with van der Waals surface area (Å²) in [7, 11) is 1.50. The Bertz CT molecular complexity index is 1090. The number of rotatable bonds is 8. The SMILES string of the molecule is CCOC(=O)c1c(NC(=O)CNc2ccn(-c3ccccc3)n2)sc(C(=O)NC)c1C. The average molecular weight is 442 g/mol. The number of anilines is 2. The lowest BCUT2D eigenvalue weighted by molar-refractivity contribution is -0.114. The number of ether oxygens (including phenoxy) is 1. The summed E-state index contributed by atoms with van der Waals surface area (Å²) in [4.78, 5) is 37.3. The van der Waals surface area contributed by atoms with Crippen molar-refractivity contribution in [3.05, 3.63) is 58.6 Å². The molecule has 9 nitrogen and oxygen atoms in total. The fourth-order valence-corrected chi connectivity index (χ4v) is 4.02. The number of esters is 1. The van der Waals surface area contributed by atoms with Crippen LogP contribution in [0, 0.1) is 6.92 Å². The van der Waals surface area contributed by atoms with E-state index < -0.39 is 5.97 Å². The van der Waals surface area contributed by atoms with Crippen molar-refractivity contribution in [2.24, 2.45) is 0 Å². The zero-order valence-electron chi connectivity index (χ0n) is 17.4. The van der Waals surface area contributed by atoms with Crippen LogP contribution in [0.2, 0.25) is 0 Å². The fraction of sp³-hybridized carbons (Fsp3) is 0.238. The molecule has 0 aliphatic heterocycles. The number of para-hydroxylation sites is 1. The highest BCUT2D eigenvalue weighted by Gasteiger charge is 2.26. The van der Waals surface area contributed by atoms with Crippen LogP contribution in [0.15, 0.2) is 42.6 Å². The molecular weight excluding hydrogens is 418 g/mol. The van der Waals surface area contributed by atoms with Crippen LogP contribution >= 0.6 is 11.3 Å². The van der Waals surface area contributed by atoms with Gasteiger partial charge in [-0.1, -0.05) is 18.2 Å². The van der Waals surface area contributed by atoms with E-state index in [-0.39, 0.29) is 35.5 Å². The number of aromatic nitrogens is 2. The number of carbonyl (C=O) groups is 3. The first-order valence-corrected chi connectivity index (χ1v) is 10.4. The topological polar surface area (TPSA) is 114 Å². The van der Waals surface area contributed by atoms with Gasteiger partial charge in [0.15, 0.2) is 0 Å². The van der Waals surface area contributed by atoms with E-state index in [2.05, 4.69) is 21.0 Å². The van der Waals surface area contributed by atoms with Gasteiger partial charge in [0, 0.05) is 19.3 Å². The number of amides is 2. The van der Waals surface area contributed by atoms with E-state index in [9.17, 15) is 14.4 Å². The average Bonchev–Trinajstić information content (AvgIpc) is 3.37. The molecule has 0 saturated carbocycles. The zero-order valence-corrected chi connectivity index (χ0v) is 18.2. The van der Waals surface area contributed by atoms with Crippen molar-refractivity contribution in [2.45, 2.75) is 13.8 Å². The molecule has 162 valence electrons. The normalized spacial score (nSPS) is 10.4. The second kappa shape index (κ2) is 9.90.